The summed E-state index contributed by atoms with van der Waals surface area (Å²) >= 11 is 1.43. The maximum absolute atomic E-state index is 12.7. The lowest BCUT2D eigenvalue weighted by molar-refractivity contribution is -0.387. The van der Waals surface area contributed by atoms with Crippen molar-refractivity contribution in [2.45, 2.75) is 13.3 Å². The molecule has 9 heteroatoms. The van der Waals surface area contributed by atoms with Gasteiger partial charge in [-0.1, -0.05) is 0 Å². The maximum Gasteiger partial charge on any atom is 0.356 e. The third kappa shape index (κ3) is 3.09. The van der Waals surface area contributed by atoms with Crippen LogP contribution in [0.4, 0.5) is 14.5 Å². The van der Waals surface area contributed by atoms with Gasteiger partial charge in [-0.15, -0.1) is 0 Å². The minimum Gasteiger partial charge on any atom is -0.461 e. The van der Waals surface area contributed by atoms with Crippen LogP contribution in [0.1, 0.15) is 29.4 Å². The molecule has 0 aliphatic rings. The van der Waals surface area contributed by atoms with Gasteiger partial charge in [0, 0.05) is 0 Å². The molecule has 1 rings (SSSR count). The molecule has 1 aromatic rings. The van der Waals surface area contributed by atoms with Crippen LogP contribution in [-0.4, -0.2) is 22.5 Å². The Morgan fingerprint density at radius 2 is 2.28 bits per heavy atom. The third-order valence-corrected chi connectivity index (χ3v) is 2.63. The molecule has 0 aliphatic heterocycles. The SMILES string of the molecule is CCOC(=O)c1cc(C(F)F)c([N+](=O)[O-])c(I)n1. The van der Waals surface area contributed by atoms with E-state index in [1.54, 1.807) is 6.92 Å². The lowest BCUT2D eigenvalue weighted by Crippen LogP contribution is -2.11. The van der Waals surface area contributed by atoms with Crippen LogP contribution in [0.3, 0.4) is 0 Å². The summed E-state index contributed by atoms with van der Waals surface area (Å²) in [6.07, 6.45) is -3.07. The first-order valence-electron chi connectivity index (χ1n) is 4.68. The molecule has 98 valence electrons. The number of hydrogen-bond donors (Lipinski definition) is 0. The van der Waals surface area contributed by atoms with Crippen molar-refractivity contribution in [1.82, 2.24) is 4.98 Å². The summed E-state index contributed by atoms with van der Waals surface area (Å²) in [5, 5.41) is 10.7. The second kappa shape index (κ2) is 5.98. The zero-order valence-electron chi connectivity index (χ0n) is 9.02. The number of esters is 1. The molecule has 0 radical (unpaired) electrons. The zero-order valence-corrected chi connectivity index (χ0v) is 11.2. The summed E-state index contributed by atoms with van der Waals surface area (Å²) in [6.45, 7) is 1.60. The summed E-state index contributed by atoms with van der Waals surface area (Å²) in [5.41, 5.74) is -2.01. The van der Waals surface area contributed by atoms with Crippen LogP contribution >= 0.6 is 22.6 Å². The highest BCUT2D eigenvalue weighted by molar-refractivity contribution is 14.1. The first-order chi connectivity index (χ1) is 8.38. The standard InChI is InChI=1S/C9H7F2IN2O4/c1-2-18-9(15)5-3-4(7(10)11)6(14(16)17)8(12)13-5/h3,7H,2H2,1H3. The third-order valence-electron chi connectivity index (χ3n) is 1.88. The van der Waals surface area contributed by atoms with Gasteiger partial charge < -0.3 is 4.74 Å². The second-order valence-corrected chi connectivity index (χ2v) is 4.04. The Labute approximate surface area is 114 Å². The van der Waals surface area contributed by atoms with Crippen LogP contribution in [0, 0.1) is 13.8 Å². The van der Waals surface area contributed by atoms with Gasteiger partial charge in [-0.25, -0.2) is 18.6 Å². The number of halogens is 3. The quantitative estimate of drug-likeness (QED) is 0.267. The van der Waals surface area contributed by atoms with Crippen LogP contribution in [-0.2, 0) is 4.74 Å². The van der Waals surface area contributed by atoms with E-state index in [-0.39, 0.29) is 16.0 Å². The van der Waals surface area contributed by atoms with Crippen molar-refractivity contribution in [2.24, 2.45) is 0 Å². The van der Waals surface area contributed by atoms with Crippen LogP contribution in [0.2, 0.25) is 0 Å². The van der Waals surface area contributed by atoms with E-state index in [0.717, 1.165) is 0 Å². The van der Waals surface area contributed by atoms with Gasteiger partial charge in [-0.05, 0) is 35.6 Å². The number of nitro groups is 1. The highest BCUT2D eigenvalue weighted by Gasteiger charge is 2.28. The number of alkyl halides is 2. The largest absolute Gasteiger partial charge is 0.461 e. The van der Waals surface area contributed by atoms with E-state index >= 15 is 0 Å². The fourth-order valence-corrected chi connectivity index (χ4v) is 1.95. The minimum atomic E-state index is -3.07. The van der Waals surface area contributed by atoms with E-state index < -0.39 is 28.6 Å². The van der Waals surface area contributed by atoms with Gasteiger partial charge in [0.1, 0.15) is 5.56 Å². The van der Waals surface area contributed by atoms with E-state index in [2.05, 4.69) is 9.72 Å². The summed E-state index contributed by atoms with van der Waals surface area (Å²) < 4.78 is 29.7. The molecule has 0 amide bonds. The van der Waals surface area contributed by atoms with Crippen LogP contribution in [0.5, 0.6) is 0 Å². The van der Waals surface area contributed by atoms with Gasteiger partial charge >= 0.3 is 11.7 Å². The lowest BCUT2D eigenvalue weighted by Gasteiger charge is -2.06. The van der Waals surface area contributed by atoms with Gasteiger partial charge in [0.05, 0.1) is 11.5 Å². The fourth-order valence-electron chi connectivity index (χ4n) is 1.18. The Morgan fingerprint density at radius 1 is 1.67 bits per heavy atom. The van der Waals surface area contributed by atoms with Crippen LogP contribution in [0.25, 0.3) is 0 Å². The van der Waals surface area contributed by atoms with Crippen molar-refractivity contribution in [1.29, 1.82) is 0 Å². The number of ether oxygens (including phenoxy) is 1. The van der Waals surface area contributed by atoms with E-state index in [4.69, 9.17) is 0 Å². The molecule has 18 heavy (non-hydrogen) atoms. The molecule has 0 N–H and O–H groups in total. The second-order valence-electron chi connectivity index (χ2n) is 3.01. The van der Waals surface area contributed by atoms with Crippen LogP contribution in [0.15, 0.2) is 6.07 Å². The van der Waals surface area contributed by atoms with Crippen molar-refractivity contribution in [3.8, 4) is 0 Å². The summed E-state index contributed by atoms with van der Waals surface area (Å²) in [5.74, 6) is -0.896. The van der Waals surface area contributed by atoms with Gasteiger partial charge in [0.2, 0.25) is 0 Å². The van der Waals surface area contributed by atoms with Crippen molar-refractivity contribution in [2.75, 3.05) is 6.61 Å². The van der Waals surface area contributed by atoms with Crippen LogP contribution < -0.4 is 0 Å². The fraction of sp³-hybridized carbons (Fsp3) is 0.333. The molecule has 0 bridgehead atoms. The summed E-state index contributed by atoms with van der Waals surface area (Å²) in [6, 6.07) is 0.683. The molecule has 0 fully saturated rings. The molecule has 1 aromatic heterocycles. The first-order valence-corrected chi connectivity index (χ1v) is 5.76. The van der Waals surface area contributed by atoms with E-state index in [1.165, 1.54) is 22.6 Å². The number of rotatable bonds is 4. The molecular formula is C9H7F2IN2O4. The molecule has 0 unspecified atom stereocenters. The van der Waals surface area contributed by atoms with Crippen molar-refractivity contribution in [3.05, 3.63) is 31.1 Å². The Balaban J connectivity index is 3.36. The monoisotopic (exact) mass is 372 g/mol. The average Bonchev–Trinajstić information content (AvgIpc) is 2.27. The van der Waals surface area contributed by atoms with Gasteiger partial charge in [-0.2, -0.15) is 0 Å². The van der Waals surface area contributed by atoms with E-state index in [0.29, 0.717) is 6.07 Å². The molecule has 6 nitrogen and oxygen atoms in total. The highest BCUT2D eigenvalue weighted by atomic mass is 127. The van der Waals surface area contributed by atoms with Crippen molar-refractivity contribution < 1.29 is 23.2 Å². The normalized spacial score (nSPS) is 10.5. The average molecular weight is 372 g/mol. The van der Waals surface area contributed by atoms with Gasteiger partial charge in [0.25, 0.3) is 6.43 Å². The maximum atomic E-state index is 12.7. The van der Waals surface area contributed by atoms with E-state index in [1.807, 2.05) is 0 Å². The Bertz CT molecular complexity index is 496. The topological polar surface area (TPSA) is 82.3 Å². The predicted octanol–water partition coefficient (Wildman–Crippen LogP) is 2.71. The molecule has 0 aliphatic carbocycles. The molecule has 0 aromatic carbocycles. The minimum absolute atomic E-state index is 0.0537. The molecule has 0 saturated heterocycles. The van der Waals surface area contributed by atoms with Crippen molar-refractivity contribution in [3.63, 3.8) is 0 Å². The summed E-state index contributed by atoms with van der Waals surface area (Å²) in [7, 11) is 0. The molecule has 0 atom stereocenters. The number of pyridine rings is 1. The number of carbonyl (C=O) groups is 1. The highest BCUT2D eigenvalue weighted by Crippen LogP contribution is 2.32. The molecule has 0 spiro atoms. The number of hydrogen-bond acceptors (Lipinski definition) is 5. The lowest BCUT2D eigenvalue weighted by atomic mass is 10.2. The number of aromatic nitrogens is 1. The zero-order chi connectivity index (χ0) is 13.9. The molecule has 1 heterocycles. The Morgan fingerprint density at radius 3 is 2.72 bits per heavy atom. The molecular weight excluding hydrogens is 365 g/mol. The van der Waals surface area contributed by atoms with Gasteiger partial charge in [0.15, 0.2) is 9.39 Å². The summed E-state index contributed by atoms with van der Waals surface area (Å²) in [4.78, 5) is 24.7. The first kappa shape index (κ1) is 14.7. The number of carbonyl (C=O) groups excluding carboxylic acids is 1. The van der Waals surface area contributed by atoms with Crippen molar-refractivity contribution >= 4 is 34.2 Å². The molecule has 0 saturated carbocycles. The number of nitrogens with zero attached hydrogens (tertiary/aromatic N) is 2. The Hall–Kier alpha value is -1.39. The van der Waals surface area contributed by atoms with Gasteiger partial charge in [-0.3, -0.25) is 10.1 Å². The predicted molar refractivity (Wildman–Crippen MR) is 64.5 cm³/mol. The Kier molecular flexibility index (Phi) is 4.87. The smallest absolute Gasteiger partial charge is 0.356 e. The van der Waals surface area contributed by atoms with E-state index in [9.17, 15) is 23.7 Å².